The number of nitrogens with one attached hydrogen (secondary N) is 1. The number of rotatable bonds is 2. The van der Waals surface area contributed by atoms with E-state index in [0.29, 0.717) is 5.69 Å². The first kappa shape index (κ1) is 13.0. The minimum atomic E-state index is -0.593. The second kappa shape index (κ2) is 4.68. The summed E-state index contributed by atoms with van der Waals surface area (Å²) in [7, 11) is 0. The smallest absolute Gasteiger partial charge is 0.313 e. The van der Waals surface area contributed by atoms with Crippen LogP contribution in [0.25, 0.3) is 5.69 Å². The molecule has 1 aromatic heterocycles. The molecule has 0 aliphatic carbocycles. The lowest BCUT2D eigenvalue weighted by Gasteiger charge is -2.09. The number of ketones is 1. The van der Waals surface area contributed by atoms with Gasteiger partial charge in [-0.25, -0.2) is 9.36 Å². The van der Waals surface area contributed by atoms with E-state index in [2.05, 4.69) is 4.98 Å². The molecule has 5 heteroatoms. The molecular formula is C14H14N2O3. The van der Waals surface area contributed by atoms with Crippen molar-refractivity contribution in [3.05, 3.63) is 61.9 Å². The van der Waals surface area contributed by atoms with Crippen molar-refractivity contribution in [2.24, 2.45) is 0 Å². The molecule has 0 radical (unpaired) electrons. The normalized spacial score (nSPS) is 10.5. The number of carbonyl (C=O) groups is 1. The van der Waals surface area contributed by atoms with Crippen LogP contribution in [0, 0.1) is 13.8 Å². The van der Waals surface area contributed by atoms with Crippen LogP contribution < -0.4 is 11.2 Å². The molecule has 0 atom stereocenters. The number of aromatic amines is 1. The summed E-state index contributed by atoms with van der Waals surface area (Å²) in [5, 5.41) is 0. The summed E-state index contributed by atoms with van der Waals surface area (Å²) in [4.78, 5) is 37.9. The number of carbonyl (C=O) groups excluding carboxylic acids is 1. The third kappa shape index (κ3) is 2.27. The number of hydrogen-bond donors (Lipinski definition) is 1. The second-order valence-corrected chi connectivity index (χ2v) is 4.49. The number of benzene rings is 1. The Morgan fingerprint density at radius 1 is 1.21 bits per heavy atom. The minimum Gasteiger partial charge on any atom is -0.313 e. The quantitative estimate of drug-likeness (QED) is 0.826. The largest absolute Gasteiger partial charge is 0.333 e. The molecule has 1 heterocycles. The van der Waals surface area contributed by atoms with Crippen molar-refractivity contribution in [3.8, 4) is 5.69 Å². The van der Waals surface area contributed by atoms with Gasteiger partial charge in [0.05, 0.1) is 11.3 Å². The van der Waals surface area contributed by atoms with Crippen LogP contribution in [0.3, 0.4) is 0 Å². The summed E-state index contributed by atoms with van der Waals surface area (Å²) >= 11 is 0. The Hall–Kier alpha value is -2.43. The number of H-pyrrole nitrogens is 1. The highest BCUT2D eigenvalue weighted by molar-refractivity contribution is 5.93. The molecule has 0 aliphatic heterocycles. The Balaban J connectivity index is 2.86. The predicted octanol–water partition coefficient (Wildman–Crippen LogP) is 1.35. The van der Waals surface area contributed by atoms with E-state index in [-0.39, 0.29) is 11.3 Å². The fourth-order valence-electron chi connectivity index (χ4n) is 1.90. The van der Waals surface area contributed by atoms with Gasteiger partial charge in [0.1, 0.15) is 0 Å². The maximum atomic E-state index is 12.2. The summed E-state index contributed by atoms with van der Waals surface area (Å²) in [5.74, 6) is -0.375. The van der Waals surface area contributed by atoms with Crippen molar-refractivity contribution in [2.75, 3.05) is 0 Å². The van der Waals surface area contributed by atoms with E-state index >= 15 is 0 Å². The molecule has 2 aromatic rings. The molecule has 19 heavy (non-hydrogen) atoms. The van der Waals surface area contributed by atoms with Gasteiger partial charge in [0, 0.05) is 6.20 Å². The van der Waals surface area contributed by atoms with Crippen LogP contribution in [0.5, 0.6) is 0 Å². The van der Waals surface area contributed by atoms with E-state index in [4.69, 9.17) is 0 Å². The molecule has 1 N–H and O–H groups in total. The lowest BCUT2D eigenvalue weighted by atomic mass is 10.1. The van der Waals surface area contributed by atoms with Crippen LogP contribution >= 0.6 is 0 Å². The molecule has 0 bridgehead atoms. The summed E-state index contributed by atoms with van der Waals surface area (Å²) in [6.07, 6.45) is 1.16. The Kier molecular flexibility index (Phi) is 3.21. The topological polar surface area (TPSA) is 71.9 Å². The van der Waals surface area contributed by atoms with Crippen molar-refractivity contribution in [1.82, 2.24) is 9.55 Å². The predicted molar refractivity (Wildman–Crippen MR) is 72.1 cm³/mol. The summed E-state index contributed by atoms with van der Waals surface area (Å²) in [5.41, 5.74) is 1.04. The van der Waals surface area contributed by atoms with E-state index in [9.17, 15) is 14.4 Å². The lowest BCUT2D eigenvalue weighted by molar-refractivity contribution is 0.101. The molecule has 98 valence electrons. The van der Waals surface area contributed by atoms with Crippen LogP contribution in [0.2, 0.25) is 0 Å². The number of Topliss-reactive ketones (excluding diaryl/α,β-unsaturated/α-hetero) is 1. The van der Waals surface area contributed by atoms with E-state index < -0.39 is 11.2 Å². The number of aryl methyl sites for hydroxylation is 2. The van der Waals surface area contributed by atoms with Crippen molar-refractivity contribution in [1.29, 1.82) is 0 Å². The zero-order valence-electron chi connectivity index (χ0n) is 11.0. The van der Waals surface area contributed by atoms with Gasteiger partial charge in [-0.05, 0) is 38.0 Å². The van der Waals surface area contributed by atoms with Crippen LogP contribution in [0.1, 0.15) is 28.4 Å². The SMILES string of the molecule is CC(=O)c1c[nH]c(=O)n(-c2cc(C)ccc2C)c1=O. The molecular weight excluding hydrogens is 244 g/mol. The fourth-order valence-corrected chi connectivity index (χ4v) is 1.90. The van der Waals surface area contributed by atoms with Gasteiger partial charge in [0.2, 0.25) is 0 Å². The lowest BCUT2D eigenvalue weighted by Crippen LogP contribution is -2.36. The standard InChI is InChI=1S/C14H14N2O3/c1-8-4-5-9(2)12(6-8)16-13(18)11(10(3)17)7-15-14(16)19/h4-7H,1-3H3,(H,15,19). The van der Waals surface area contributed by atoms with Gasteiger partial charge in [0.25, 0.3) is 5.56 Å². The first-order valence-electron chi connectivity index (χ1n) is 5.85. The van der Waals surface area contributed by atoms with Gasteiger partial charge >= 0.3 is 5.69 Å². The Bertz CT molecular complexity index is 769. The number of aromatic nitrogens is 2. The average molecular weight is 258 g/mol. The number of hydrogen-bond acceptors (Lipinski definition) is 3. The molecule has 0 fully saturated rings. The van der Waals surface area contributed by atoms with Gasteiger partial charge in [-0.1, -0.05) is 12.1 Å². The fraction of sp³-hybridized carbons (Fsp3) is 0.214. The molecule has 0 saturated heterocycles. The Labute approximate surface area is 109 Å². The van der Waals surface area contributed by atoms with Gasteiger partial charge in [-0.2, -0.15) is 0 Å². The highest BCUT2D eigenvalue weighted by Crippen LogP contribution is 2.12. The highest BCUT2D eigenvalue weighted by Gasteiger charge is 2.13. The molecule has 0 aliphatic rings. The first-order valence-corrected chi connectivity index (χ1v) is 5.85. The monoisotopic (exact) mass is 258 g/mol. The molecule has 0 unspecified atom stereocenters. The van der Waals surface area contributed by atoms with Crippen molar-refractivity contribution in [3.63, 3.8) is 0 Å². The highest BCUT2D eigenvalue weighted by atomic mass is 16.2. The molecule has 0 amide bonds. The molecule has 0 spiro atoms. The summed E-state index contributed by atoms with van der Waals surface area (Å²) < 4.78 is 0.999. The van der Waals surface area contributed by atoms with E-state index in [1.807, 2.05) is 19.1 Å². The molecule has 2 rings (SSSR count). The summed E-state index contributed by atoms with van der Waals surface area (Å²) in [6.45, 7) is 4.97. The average Bonchev–Trinajstić information content (AvgIpc) is 2.33. The van der Waals surface area contributed by atoms with Gasteiger partial charge in [-0.3, -0.25) is 9.59 Å². The third-order valence-electron chi connectivity index (χ3n) is 2.96. The van der Waals surface area contributed by atoms with Crippen LogP contribution in [-0.2, 0) is 0 Å². The molecule has 0 saturated carbocycles. The molecule has 1 aromatic carbocycles. The van der Waals surface area contributed by atoms with Gasteiger partial charge in [0.15, 0.2) is 5.78 Å². The van der Waals surface area contributed by atoms with Gasteiger partial charge in [-0.15, -0.1) is 0 Å². The zero-order chi connectivity index (χ0) is 14.2. The zero-order valence-corrected chi connectivity index (χ0v) is 11.0. The van der Waals surface area contributed by atoms with E-state index in [1.165, 1.54) is 6.92 Å². The number of nitrogens with zero attached hydrogens (tertiary/aromatic N) is 1. The summed E-state index contributed by atoms with van der Waals surface area (Å²) in [6, 6.07) is 5.47. The Morgan fingerprint density at radius 2 is 1.89 bits per heavy atom. The third-order valence-corrected chi connectivity index (χ3v) is 2.96. The minimum absolute atomic E-state index is 0.0273. The van der Waals surface area contributed by atoms with Gasteiger partial charge < -0.3 is 4.98 Å². The van der Waals surface area contributed by atoms with Crippen LogP contribution in [0.15, 0.2) is 34.0 Å². The maximum Gasteiger partial charge on any atom is 0.333 e. The van der Waals surface area contributed by atoms with Crippen molar-refractivity contribution in [2.45, 2.75) is 20.8 Å². The van der Waals surface area contributed by atoms with E-state index in [0.717, 1.165) is 21.9 Å². The van der Waals surface area contributed by atoms with Crippen molar-refractivity contribution >= 4 is 5.78 Å². The molecule has 5 nitrogen and oxygen atoms in total. The van der Waals surface area contributed by atoms with Crippen molar-refractivity contribution < 1.29 is 4.79 Å². The second-order valence-electron chi connectivity index (χ2n) is 4.49. The Morgan fingerprint density at radius 3 is 2.53 bits per heavy atom. The first-order chi connectivity index (χ1) is 8.91. The van der Waals surface area contributed by atoms with Crippen LogP contribution in [0.4, 0.5) is 0 Å². The maximum absolute atomic E-state index is 12.2. The van der Waals surface area contributed by atoms with Crippen LogP contribution in [-0.4, -0.2) is 15.3 Å². The van der Waals surface area contributed by atoms with E-state index in [1.54, 1.807) is 13.0 Å².